The number of halogens is 2. The summed E-state index contributed by atoms with van der Waals surface area (Å²) < 4.78 is 52.4. The molecule has 0 aliphatic carbocycles. The maximum absolute atomic E-state index is 13.6. The number of carbonyl (C=O) groups excluding carboxylic acids is 1. The van der Waals surface area contributed by atoms with Crippen molar-refractivity contribution >= 4 is 33.4 Å². The molecule has 0 bridgehead atoms. The van der Waals surface area contributed by atoms with Gasteiger partial charge in [-0.25, -0.2) is 17.2 Å². The third-order valence-electron chi connectivity index (χ3n) is 4.17. The predicted octanol–water partition coefficient (Wildman–Crippen LogP) is 3.56. The first kappa shape index (κ1) is 23.2. The lowest BCUT2D eigenvalue weighted by molar-refractivity contribution is -0.122. The van der Waals surface area contributed by atoms with Crippen LogP contribution in [-0.4, -0.2) is 38.9 Å². The molecule has 2 aromatic carbocycles. The molecule has 0 heterocycles. The number of amides is 1. The van der Waals surface area contributed by atoms with E-state index in [-0.39, 0.29) is 17.9 Å². The van der Waals surface area contributed by atoms with E-state index < -0.39 is 27.8 Å². The summed E-state index contributed by atoms with van der Waals surface area (Å²) in [5.74, 6) is -0.171. The molecule has 29 heavy (non-hydrogen) atoms. The molecule has 2 aromatic rings. The van der Waals surface area contributed by atoms with Gasteiger partial charge in [0, 0.05) is 18.1 Å². The average Bonchev–Trinajstić information content (AvgIpc) is 2.67. The molecule has 9 heteroatoms. The Hall–Kier alpha value is -2.13. The lowest BCUT2D eigenvalue weighted by Gasteiger charge is -2.30. The molecule has 0 fully saturated rings. The predicted molar refractivity (Wildman–Crippen MR) is 113 cm³/mol. The largest absolute Gasteiger partial charge is 0.353 e. The lowest BCUT2D eigenvalue weighted by atomic mass is 10.2. The van der Waals surface area contributed by atoms with Gasteiger partial charge in [-0.2, -0.15) is 11.8 Å². The zero-order valence-corrected chi connectivity index (χ0v) is 17.9. The molecule has 0 aliphatic heterocycles. The van der Waals surface area contributed by atoms with Gasteiger partial charge in [-0.3, -0.25) is 9.10 Å². The highest BCUT2D eigenvalue weighted by Gasteiger charge is 2.31. The van der Waals surface area contributed by atoms with Crippen LogP contribution in [0.2, 0.25) is 0 Å². The second-order valence-electron chi connectivity index (χ2n) is 6.39. The number of nitrogens with zero attached hydrogens (tertiary/aromatic N) is 1. The molecule has 0 aromatic heterocycles. The van der Waals surface area contributed by atoms with Crippen molar-refractivity contribution in [3.05, 3.63) is 65.7 Å². The van der Waals surface area contributed by atoms with Crippen molar-refractivity contribution in [2.24, 2.45) is 0 Å². The number of hydrogen-bond acceptors (Lipinski definition) is 4. The minimum Gasteiger partial charge on any atom is -0.353 e. The van der Waals surface area contributed by atoms with Crippen LogP contribution in [0.25, 0.3) is 0 Å². The van der Waals surface area contributed by atoms with Crippen LogP contribution >= 0.6 is 11.8 Å². The van der Waals surface area contributed by atoms with Crippen molar-refractivity contribution in [1.29, 1.82) is 0 Å². The molecule has 0 saturated carbocycles. The first-order chi connectivity index (χ1) is 13.7. The molecule has 0 unspecified atom stereocenters. The molecule has 5 nitrogen and oxygen atoms in total. The maximum atomic E-state index is 13.6. The van der Waals surface area contributed by atoms with E-state index in [2.05, 4.69) is 5.32 Å². The zero-order valence-electron chi connectivity index (χ0n) is 16.3. The topological polar surface area (TPSA) is 66.5 Å². The van der Waals surface area contributed by atoms with Crippen LogP contribution in [0.1, 0.15) is 18.9 Å². The highest BCUT2D eigenvalue weighted by Crippen LogP contribution is 2.23. The Bertz CT molecular complexity index is 922. The van der Waals surface area contributed by atoms with Gasteiger partial charge >= 0.3 is 0 Å². The molecule has 1 atom stereocenters. The van der Waals surface area contributed by atoms with E-state index in [9.17, 15) is 22.0 Å². The van der Waals surface area contributed by atoms with Crippen LogP contribution in [0, 0.1) is 11.6 Å². The summed E-state index contributed by atoms with van der Waals surface area (Å²) in [5, 5.41) is 2.73. The Labute approximate surface area is 174 Å². The van der Waals surface area contributed by atoms with Gasteiger partial charge in [0.05, 0.1) is 11.9 Å². The minimum absolute atomic E-state index is 0.227. The highest BCUT2D eigenvalue weighted by atomic mass is 32.2. The van der Waals surface area contributed by atoms with Crippen LogP contribution in [-0.2, 0) is 20.6 Å². The highest BCUT2D eigenvalue weighted by molar-refractivity contribution is 7.98. The summed E-state index contributed by atoms with van der Waals surface area (Å²) in [6, 6.07) is 10.5. The van der Waals surface area contributed by atoms with Gasteiger partial charge in [-0.1, -0.05) is 25.1 Å². The summed E-state index contributed by atoms with van der Waals surface area (Å²) >= 11 is 1.47. The smallest absolute Gasteiger partial charge is 0.243 e. The molecule has 1 amide bonds. The van der Waals surface area contributed by atoms with Crippen molar-refractivity contribution in [3.63, 3.8) is 0 Å². The number of thioether (sulfide) groups is 1. The van der Waals surface area contributed by atoms with Crippen LogP contribution in [0.4, 0.5) is 14.5 Å². The summed E-state index contributed by atoms with van der Waals surface area (Å²) in [6.07, 6.45) is 1.26. The number of carbonyl (C=O) groups is 1. The van der Waals surface area contributed by atoms with Gasteiger partial charge in [0.25, 0.3) is 0 Å². The Morgan fingerprint density at radius 1 is 1.14 bits per heavy atom. The molecule has 158 valence electrons. The van der Waals surface area contributed by atoms with E-state index in [0.717, 1.165) is 22.7 Å². The fraction of sp³-hybridized carbons (Fsp3) is 0.350. The molecule has 0 radical (unpaired) electrons. The van der Waals surface area contributed by atoms with E-state index in [1.807, 2.05) is 0 Å². The molecular weight excluding hydrogens is 418 g/mol. The van der Waals surface area contributed by atoms with Crippen molar-refractivity contribution in [2.75, 3.05) is 22.9 Å². The second kappa shape index (κ2) is 10.6. The summed E-state index contributed by atoms with van der Waals surface area (Å²) in [6.45, 7) is 2.02. The van der Waals surface area contributed by atoms with Gasteiger partial charge in [-0.05, 0) is 42.3 Å². The summed E-state index contributed by atoms with van der Waals surface area (Å²) in [7, 11) is -3.76. The average molecular weight is 443 g/mol. The third kappa shape index (κ3) is 6.71. The molecular formula is C20H24F2N2O3S2. The Kier molecular flexibility index (Phi) is 8.45. The molecule has 1 N–H and O–H groups in total. The van der Waals surface area contributed by atoms with Gasteiger partial charge in [0.2, 0.25) is 15.9 Å². The number of rotatable bonds is 10. The molecule has 0 spiro atoms. The summed E-state index contributed by atoms with van der Waals surface area (Å²) in [4.78, 5) is 12.6. The minimum atomic E-state index is -3.76. The Morgan fingerprint density at radius 3 is 2.38 bits per heavy atom. The fourth-order valence-electron chi connectivity index (χ4n) is 2.81. The standard InChI is InChI=1S/C20H24F2N2O3S2/c1-3-19(24(29(2,26)27)17-10-8-16(21)9-11-17)20(25)23-12-13-28-14-15-6-4-5-7-18(15)22/h4-11,19H,3,12-14H2,1-2H3,(H,23,25)/t19-/m0/s1. The van der Waals surface area contributed by atoms with E-state index >= 15 is 0 Å². The fourth-order valence-corrected chi connectivity index (χ4v) is 4.87. The van der Waals surface area contributed by atoms with E-state index in [1.54, 1.807) is 25.1 Å². The van der Waals surface area contributed by atoms with Gasteiger partial charge in [0.15, 0.2) is 0 Å². The van der Waals surface area contributed by atoms with Crippen LogP contribution < -0.4 is 9.62 Å². The SMILES string of the molecule is CC[C@@H](C(=O)NCCSCc1ccccc1F)N(c1ccc(F)cc1)S(C)(=O)=O. The first-order valence-electron chi connectivity index (χ1n) is 9.08. The van der Waals surface area contributed by atoms with Gasteiger partial charge in [0.1, 0.15) is 17.7 Å². The van der Waals surface area contributed by atoms with Crippen LogP contribution in [0.15, 0.2) is 48.5 Å². The zero-order chi connectivity index (χ0) is 21.4. The second-order valence-corrected chi connectivity index (χ2v) is 9.36. The van der Waals surface area contributed by atoms with Crippen LogP contribution in [0.5, 0.6) is 0 Å². The normalized spacial score (nSPS) is 12.4. The maximum Gasteiger partial charge on any atom is 0.243 e. The number of nitrogens with one attached hydrogen (secondary N) is 1. The quantitative estimate of drug-likeness (QED) is 0.572. The number of anilines is 1. The summed E-state index contributed by atoms with van der Waals surface area (Å²) in [5.41, 5.74) is 0.819. The van der Waals surface area contributed by atoms with E-state index in [1.165, 1.54) is 30.0 Å². The number of benzene rings is 2. The lowest BCUT2D eigenvalue weighted by Crippen LogP contribution is -2.49. The van der Waals surface area contributed by atoms with Crippen molar-refractivity contribution in [2.45, 2.75) is 25.1 Å². The third-order valence-corrected chi connectivity index (χ3v) is 6.36. The monoisotopic (exact) mass is 442 g/mol. The van der Waals surface area contributed by atoms with Crippen molar-refractivity contribution in [1.82, 2.24) is 5.32 Å². The van der Waals surface area contributed by atoms with Crippen LogP contribution in [0.3, 0.4) is 0 Å². The Morgan fingerprint density at radius 2 is 1.79 bits per heavy atom. The number of sulfonamides is 1. The van der Waals surface area contributed by atoms with E-state index in [0.29, 0.717) is 23.6 Å². The molecule has 0 saturated heterocycles. The van der Waals surface area contributed by atoms with E-state index in [4.69, 9.17) is 0 Å². The first-order valence-corrected chi connectivity index (χ1v) is 12.1. The van der Waals surface area contributed by atoms with Gasteiger partial charge < -0.3 is 5.32 Å². The molecule has 2 rings (SSSR count). The molecule has 0 aliphatic rings. The Balaban J connectivity index is 1.97. The van der Waals surface area contributed by atoms with Crippen molar-refractivity contribution in [3.8, 4) is 0 Å². The van der Waals surface area contributed by atoms with Gasteiger partial charge in [-0.15, -0.1) is 0 Å². The van der Waals surface area contributed by atoms with Crippen molar-refractivity contribution < 1.29 is 22.0 Å². The number of hydrogen-bond donors (Lipinski definition) is 1.